The highest BCUT2D eigenvalue weighted by atomic mass is 16.5. The second-order valence-corrected chi connectivity index (χ2v) is 7.47. The smallest absolute Gasteiger partial charge is 0.338 e. The highest BCUT2D eigenvalue weighted by Crippen LogP contribution is 2.34. The molecule has 1 fully saturated rings. The van der Waals surface area contributed by atoms with Crippen LogP contribution < -0.4 is 10.4 Å². The number of amides is 1. The van der Waals surface area contributed by atoms with Crippen molar-refractivity contribution in [3.63, 3.8) is 0 Å². The summed E-state index contributed by atoms with van der Waals surface area (Å²) in [7, 11) is 6.63. The Morgan fingerprint density at radius 2 is 1.63 bits per heavy atom. The normalized spacial score (nSPS) is 18.8. The average Bonchev–Trinajstić information content (AvgIpc) is 3.16. The van der Waals surface area contributed by atoms with E-state index in [1.54, 1.807) is 51.4 Å². The number of aryl methyl sites for hydroxylation is 2. The van der Waals surface area contributed by atoms with Crippen LogP contribution in [0.2, 0.25) is 0 Å². The van der Waals surface area contributed by atoms with Gasteiger partial charge in [-0.2, -0.15) is 0 Å². The number of benzene rings is 2. The van der Waals surface area contributed by atoms with E-state index >= 15 is 0 Å². The van der Waals surface area contributed by atoms with Gasteiger partial charge < -0.3 is 14.4 Å². The number of esters is 1. The number of likely N-dealkylation sites (N-methyl/N-ethyl adjacent to an activating group) is 1. The molecule has 0 spiro atoms. The van der Waals surface area contributed by atoms with Gasteiger partial charge in [-0.05, 0) is 35.9 Å². The molecule has 1 saturated heterocycles. The molecule has 2 heterocycles. The van der Waals surface area contributed by atoms with Gasteiger partial charge in [-0.15, -0.1) is 0 Å². The number of hydrogen-bond donors (Lipinski definition) is 0. The van der Waals surface area contributed by atoms with E-state index in [4.69, 9.17) is 9.47 Å². The van der Waals surface area contributed by atoms with E-state index in [2.05, 4.69) is 0 Å². The summed E-state index contributed by atoms with van der Waals surface area (Å²) >= 11 is 0. The lowest BCUT2D eigenvalue weighted by atomic mass is 10.0. The number of hydrogen-bond acceptors (Lipinski definition) is 5. The minimum atomic E-state index is -0.857. The van der Waals surface area contributed by atoms with Crippen molar-refractivity contribution in [1.82, 2.24) is 14.0 Å². The van der Waals surface area contributed by atoms with Crippen molar-refractivity contribution in [3.05, 3.63) is 64.1 Å². The van der Waals surface area contributed by atoms with Gasteiger partial charge in [-0.1, -0.05) is 12.1 Å². The number of fused-ring (bicyclic) bond motifs is 1. The number of likely N-dealkylation sites (tertiary alicyclic amines) is 1. The first-order chi connectivity index (χ1) is 14.3. The number of rotatable bonds is 4. The van der Waals surface area contributed by atoms with Crippen LogP contribution in [0.1, 0.15) is 28.4 Å². The van der Waals surface area contributed by atoms with Crippen LogP contribution in [-0.4, -0.2) is 46.2 Å². The Kier molecular flexibility index (Phi) is 4.85. The van der Waals surface area contributed by atoms with Gasteiger partial charge in [0.05, 0.1) is 29.7 Å². The summed E-state index contributed by atoms with van der Waals surface area (Å²) < 4.78 is 13.7. The highest BCUT2D eigenvalue weighted by Gasteiger charge is 2.40. The maximum atomic E-state index is 12.7. The fraction of sp³-hybridized carbons (Fsp3) is 0.318. The van der Waals surface area contributed by atoms with Gasteiger partial charge in [-0.3, -0.25) is 13.9 Å². The van der Waals surface area contributed by atoms with E-state index in [0.717, 1.165) is 16.8 Å². The SMILES string of the molecule is COc1ccc([C@@H]2C[C@H](OC(=O)c3ccc4c(c3)n(C)c(=O)n4C)C(=O)N2C)cc1. The predicted octanol–water partition coefficient (Wildman–Crippen LogP) is 2.01. The Bertz CT molecular complexity index is 1190. The van der Waals surface area contributed by atoms with Gasteiger partial charge in [0, 0.05) is 27.6 Å². The van der Waals surface area contributed by atoms with Crippen LogP contribution in [0.5, 0.6) is 5.75 Å². The third kappa shape index (κ3) is 3.14. The second kappa shape index (κ2) is 7.37. The van der Waals surface area contributed by atoms with Gasteiger partial charge in [0.15, 0.2) is 6.10 Å². The van der Waals surface area contributed by atoms with Crippen molar-refractivity contribution in [2.75, 3.05) is 14.2 Å². The molecule has 4 rings (SSSR count). The molecular weight excluding hydrogens is 386 g/mol. The maximum absolute atomic E-state index is 12.7. The van der Waals surface area contributed by atoms with Gasteiger partial charge in [0.1, 0.15) is 5.75 Å². The summed E-state index contributed by atoms with van der Waals surface area (Å²) in [6.07, 6.45) is -0.482. The Morgan fingerprint density at radius 1 is 0.967 bits per heavy atom. The molecule has 0 saturated carbocycles. The van der Waals surface area contributed by atoms with Gasteiger partial charge in [-0.25, -0.2) is 9.59 Å². The third-order valence-electron chi connectivity index (χ3n) is 5.79. The van der Waals surface area contributed by atoms with E-state index in [1.165, 1.54) is 9.13 Å². The molecule has 1 amide bonds. The van der Waals surface area contributed by atoms with Crippen LogP contribution in [0, 0.1) is 0 Å². The van der Waals surface area contributed by atoms with Crippen LogP contribution in [0.15, 0.2) is 47.3 Å². The molecule has 0 unspecified atom stereocenters. The molecule has 30 heavy (non-hydrogen) atoms. The number of nitrogens with zero attached hydrogens (tertiary/aromatic N) is 3. The summed E-state index contributed by atoms with van der Waals surface area (Å²) in [5.74, 6) is -0.0906. The highest BCUT2D eigenvalue weighted by molar-refractivity contribution is 5.96. The Labute approximate surface area is 173 Å². The molecule has 8 nitrogen and oxygen atoms in total. The number of carbonyl (C=O) groups is 2. The first-order valence-corrected chi connectivity index (χ1v) is 9.59. The average molecular weight is 409 g/mol. The molecule has 156 valence electrons. The molecule has 3 aromatic rings. The lowest BCUT2D eigenvalue weighted by Crippen LogP contribution is -2.30. The van der Waals surface area contributed by atoms with Gasteiger partial charge in [0.25, 0.3) is 5.91 Å². The second-order valence-electron chi connectivity index (χ2n) is 7.47. The fourth-order valence-electron chi connectivity index (χ4n) is 3.96. The lowest BCUT2D eigenvalue weighted by molar-refractivity contribution is -0.134. The number of imidazole rings is 1. The molecule has 1 aromatic heterocycles. The van der Waals surface area contributed by atoms with Crippen molar-refractivity contribution in [2.24, 2.45) is 14.1 Å². The largest absolute Gasteiger partial charge is 0.497 e. The standard InChI is InChI=1S/C22H23N3O5/c1-23-17(13-5-8-15(29-4)9-6-13)12-19(20(23)26)30-21(27)14-7-10-16-18(11-14)25(3)22(28)24(16)2/h5-11,17,19H,12H2,1-4H3/t17-,19-/m0/s1. The minimum Gasteiger partial charge on any atom is -0.497 e. The predicted molar refractivity (Wildman–Crippen MR) is 110 cm³/mol. The number of ether oxygens (including phenoxy) is 2. The first kappa shape index (κ1) is 19.8. The van der Waals surface area contributed by atoms with Crippen molar-refractivity contribution in [1.29, 1.82) is 0 Å². The number of aromatic nitrogens is 2. The van der Waals surface area contributed by atoms with Crippen molar-refractivity contribution in [3.8, 4) is 5.75 Å². The number of carbonyl (C=O) groups excluding carboxylic acids is 2. The first-order valence-electron chi connectivity index (χ1n) is 9.59. The summed E-state index contributed by atoms with van der Waals surface area (Å²) in [6, 6.07) is 12.2. The van der Waals surface area contributed by atoms with Crippen LogP contribution in [-0.2, 0) is 23.6 Å². The van der Waals surface area contributed by atoms with Crippen LogP contribution >= 0.6 is 0 Å². The summed E-state index contributed by atoms with van der Waals surface area (Å²) in [4.78, 5) is 39.1. The summed E-state index contributed by atoms with van der Waals surface area (Å²) in [6.45, 7) is 0. The summed E-state index contributed by atoms with van der Waals surface area (Å²) in [5.41, 5.74) is 2.42. The molecule has 1 aliphatic rings. The van der Waals surface area contributed by atoms with Crippen molar-refractivity contribution < 1.29 is 19.1 Å². The summed E-state index contributed by atoms with van der Waals surface area (Å²) in [5, 5.41) is 0. The zero-order valence-electron chi connectivity index (χ0n) is 17.3. The molecule has 0 bridgehead atoms. The van der Waals surface area contributed by atoms with E-state index in [-0.39, 0.29) is 17.6 Å². The molecule has 2 aromatic carbocycles. The molecule has 2 atom stereocenters. The van der Waals surface area contributed by atoms with Crippen LogP contribution in [0.3, 0.4) is 0 Å². The van der Waals surface area contributed by atoms with E-state index < -0.39 is 12.1 Å². The fourth-order valence-corrected chi connectivity index (χ4v) is 3.96. The molecule has 0 radical (unpaired) electrons. The molecule has 8 heteroatoms. The van der Waals surface area contributed by atoms with E-state index in [0.29, 0.717) is 17.5 Å². The Hall–Kier alpha value is -3.55. The van der Waals surface area contributed by atoms with Gasteiger partial charge >= 0.3 is 11.7 Å². The van der Waals surface area contributed by atoms with Gasteiger partial charge in [0.2, 0.25) is 0 Å². The van der Waals surface area contributed by atoms with Crippen LogP contribution in [0.4, 0.5) is 0 Å². The topological polar surface area (TPSA) is 82.8 Å². The molecular formula is C22H23N3O5. The Morgan fingerprint density at radius 3 is 2.30 bits per heavy atom. The van der Waals surface area contributed by atoms with Crippen molar-refractivity contribution in [2.45, 2.75) is 18.6 Å². The maximum Gasteiger partial charge on any atom is 0.338 e. The molecule has 0 N–H and O–H groups in total. The van der Waals surface area contributed by atoms with E-state index in [9.17, 15) is 14.4 Å². The third-order valence-corrected chi connectivity index (χ3v) is 5.79. The molecule has 0 aliphatic carbocycles. The zero-order valence-corrected chi connectivity index (χ0v) is 17.3. The lowest BCUT2D eigenvalue weighted by Gasteiger charge is -2.19. The van der Waals surface area contributed by atoms with Crippen molar-refractivity contribution >= 4 is 22.9 Å². The zero-order chi connectivity index (χ0) is 21.6. The quantitative estimate of drug-likeness (QED) is 0.616. The van der Waals surface area contributed by atoms with Crippen LogP contribution in [0.25, 0.3) is 11.0 Å². The van der Waals surface area contributed by atoms with E-state index in [1.807, 2.05) is 24.3 Å². The molecule has 1 aliphatic heterocycles. The Balaban J connectivity index is 1.54. The monoisotopic (exact) mass is 409 g/mol. The minimum absolute atomic E-state index is 0.176. The number of methoxy groups -OCH3 is 1.